The van der Waals surface area contributed by atoms with Gasteiger partial charge in [0.1, 0.15) is 0 Å². The smallest absolute Gasteiger partial charge is 0.309 e. The molecule has 0 spiro atoms. The van der Waals surface area contributed by atoms with Gasteiger partial charge in [0.15, 0.2) is 0 Å². The normalized spacial score (nSPS) is 27.2. The molecule has 0 unspecified atom stereocenters. The van der Waals surface area contributed by atoms with E-state index in [9.17, 15) is 15.0 Å². The summed E-state index contributed by atoms with van der Waals surface area (Å²) in [5.41, 5.74) is 1.04. The Morgan fingerprint density at radius 3 is 2.16 bits per heavy atom. The summed E-state index contributed by atoms with van der Waals surface area (Å²) in [5, 5.41) is 28.0. The molecule has 0 aromatic heterocycles. The van der Waals surface area contributed by atoms with Gasteiger partial charge in [-0.2, -0.15) is 0 Å². The van der Waals surface area contributed by atoms with Crippen LogP contribution in [-0.2, 0) is 17.8 Å². The Morgan fingerprint density at radius 2 is 1.68 bits per heavy atom. The molecule has 104 valence electrons. The van der Waals surface area contributed by atoms with Crippen LogP contribution in [0.3, 0.4) is 0 Å². The van der Waals surface area contributed by atoms with Crippen LogP contribution in [-0.4, -0.2) is 27.4 Å². The molecule has 19 heavy (non-hydrogen) atoms. The van der Waals surface area contributed by atoms with Gasteiger partial charge in [0.25, 0.3) is 0 Å². The maximum absolute atomic E-state index is 11.6. The molecule has 0 atom stereocenters. The van der Waals surface area contributed by atoms with Crippen LogP contribution < -0.4 is 0 Å². The Hall–Kier alpha value is -1.39. The molecule has 0 saturated heterocycles. The molecule has 0 aliphatic heterocycles. The minimum Gasteiger partial charge on any atom is -0.481 e. The van der Waals surface area contributed by atoms with Crippen molar-refractivity contribution in [3.63, 3.8) is 0 Å². The number of hydrogen-bond donors (Lipinski definition) is 3. The summed E-state index contributed by atoms with van der Waals surface area (Å²) in [6, 6.07) is 7.40. The summed E-state index contributed by atoms with van der Waals surface area (Å²) in [6.45, 7) is -0.00343. The van der Waals surface area contributed by atoms with E-state index in [0.29, 0.717) is 32.1 Å². The van der Waals surface area contributed by atoms with Gasteiger partial charge in [0.2, 0.25) is 0 Å². The number of benzene rings is 1. The van der Waals surface area contributed by atoms with E-state index >= 15 is 0 Å². The van der Waals surface area contributed by atoms with Crippen LogP contribution in [0.1, 0.15) is 36.8 Å². The minimum atomic E-state index is -0.773. The summed E-state index contributed by atoms with van der Waals surface area (Å²) < 4.78 is 0. The van der Waals surface area contributed by atoms with Gasteiger partial charge in [-0.25, -0.2) is 0 Å². The zero-order chi connectivity index (χ0) is 13.9. The van der Waals surface area contributed by atoms with Crippen LogP contribution in [0.2, 0.25) is 0 Å². The predicted octanol–water partition coefficient (Wildman–Crippen LogP) is 1.73. The van der Waals surface area contributed by atoms with Gasteiger partial charge in [0.05, 0.1) is 18.1 Å². The summed E-state index contributed by atoms with van der Waals surface area (Å²) in [5.74, 6) is -0.773. The number of rotatable bonds is 4. The van der Waals surface area contributed by atoms with E-state index in [2.05, 4.69) is 0 Å². The Balaban J connectivity index is 2.14. The zero-order valence-corrected chi connectivity index (χ0v) is 10.9. The average Bonchev–Trinajstić information content (AvgIpc) is 2.42. The fraction of sp³-hybridized carbons (Fsp3) is 0.533. The molecule has 0 radical (unpaired) electrons. The molecule has 2 rings (SSSR count). The monoisotopic (exact) mass is 264 g/mol. The Morgan fingerprint density at radius 1 is 1.16 bits per heavy atom. The first kappa shape index (κ1) is 14.0. The van der Waals surface area contributed by atoms with E-state index in [1.807, 2.05) is 24.3 Å². The molecule has 1 fully saturated rings. The van der Waals surface area contributed by atoms with Gasteiger partial charge in [-0.05, 0) is 43.2 Å². The third-order valence-corrected chi connectivity index (χ3v) is 4.11. The highest BCUT2D eigenvalue weighted by Gasteiger charge is 2.41. The van der Waals surface area contributed by atoms with Crippen LogP contribution in [0.15, 0.2) is 24.3 Å². The Bertz CT molecular complexity index is 430. The fourth-order valence-corrected chi connectivity index (χ4v) is 2.77. The van der Waals surface area contributed by atoms with E-state index in [1.165, 1.54) is 0 Å². The van der Waals surface area contributed by atoms with E-state index in [0.717, 1.165) is 11.1 Å². The third kappa shape index (κ3) is 3.14. The minimum absolute atomic E-state index is 0.00343. The highest BCUT2D eigenvalue weighted by molar-refractivity contribution is 5.75. The van der Waals surface area contributed by atoms with Crippen LogP contribution in [0.4, 0.5) is 0 Å². The Kier molecular flexibility index (Phi) is 4.22. The predicted molar refractivity (Wildman–Crippen MR) is 70.6 cm³/mol. The lowest BCUT2D eigenvalue weighted by Crippen LogP contribution is -2.38. The molecule has 0 bridgehead atoms. The third-order valence-electron chi connectivity index (χ3n) is 4.11. The first-order valence-corrected chi connectivity index (χ1v) is 6.66. The van der Waals surface area contributed by atoms with Crippen LogP contribution in [0.5, 0.6) is 0 Å². The lowest BCUT2D eigenvalue weighted by Gasteiger charge is -2.35. The molecule has 3 N–H and O–H groups in total. The average molecular weight is 264 g/mol. The van der Waals surface area contributed by atoms with Gasteiger partial charge in [-0.3, -0.25) is 4.79 Å². The van der Waals surface area contributed by atoms with Crippen molar-refractivity contribution < 1.29 is 20.1 Å². The van der Waals surface area contributed by atoms with Gasteiger partial charge in [-0.15, -0.1) is 0 Å². The number of aliphatic hydroxyl groups excluding tert-OH is 2. The molecule has 1 aromatic carbocycles. The highest BCUT2D eigenvalue weighted by Crippen LogP contribution is 2.39. The molecule has 1 aromatic rings. The molecule has 1 saturated carbocycles. The number of hydrogen-bond acceptors (Lipinski definition) is 3. The van der Waals surface area contributed by atoms with E-state index in [1.54, 1.807) is 0 Å². The zero-order valence-electron chi connectivity index (χ0n) is 10.9. The Labute approximate surface area is 112 Å². The first-order valence-electron chi connectivity index (χ1n) is 6.66. The van der Waals surface area contributed by atoms with E-state index in [-0.39, 0.29) is 12.7 Å². The second-order valence-electron chi connectivity index (χ2n) is 5.47. The first-order chi connectivity index (χ1) is 9.05. The topological polar surface area (TPSA) is 77.8 Å². The number of carboxylic acid groups (broad SMARTS) is 1. The van der Waals surface area contributed by atoms with Gasteiger partial charge >= 0.3 is 5.97 Å². The second-order valence-corrected chi connectivity index (χ2v) is 5.47. The number of carboxylic acids is 1. The van der Waals surface area contributed by atoms with E-state index < -0.39 is 11.4 Å². The van der Waals surface area contributed by atoms with Crippen molar-refractivity contribution in [3.8, 4) is 0 Å². The fourth-order valence-electron chi connectivity index (χ4n) is 2.77. The summed E-state index contributed by atoms with van der Waals surface area (Å²) in [6.07, 6.45) is 2.28. The quantitative estimate of drug-likeness (QED) is 0.774. The molecule has 1 aliphatic carbocycles. The van der Waals surface area contributed by atoms with Crippen molar-refractivity contribution in [1.29, 1.82) is 0 Å². The van der Waals surface area contributed by atoms with Crippen molar-refractivity contribution in [2.75, 3.05) is 0 Å². The number of carbonyl (C=O) groups is 1. The van der Waals surface area contributed by atoms with Crippen molar-refractivity contribution >= 4 is 5.97 Å². The van der Waals surface area contributed by atoms with E-state index in [4.69, 9.17) is 5.11 Å². The van der Waals surface area contributed by atoms with Gasteiger partial charge < -0.3 is 15.3 Å². The second kappa shape index (κ2) is 5.72. The summed E-state index contributed by atoms with van der Waals surface area (Å²) in [4.78, 5) is 11.6. The van der Waals surface area contributed by atoms with Crippen molar-refractivity contribution in [1.82, 2.24) is 0 Å². The molecule has 0 amide bonds. The SMILES string of the molecule is O=C(O)C1(Cc2ccc(CO)cc2)CCC(O)CC1. The van der Waals surface area contributed by atoms with Crippen LogP contribution >= 0.6 is 0 Å². The molecule has 4 heteroatoms. The lowest BCUT2D eigenvalue weighted by atomic mass is 9.69. The number of aliphatic carboxylic acids is 1. The number of aliphatic hydroxyl groups is 2. The van der Waals surface area contributed by atoms with Gasteiger partial charge in [0, 0.05) is 0 Å². The van der Waals surface area contributed by atoms with Gasteiger partial charge in [-0.1, -0.05) is 24.3 Å². The van der Waals surface area contributed by atoms with Crippen LogP contribution in [0.25, 0.3) is 0 Å². The largest absolute Gasteiger partial charge is 0.481 e. The molecule has 4 nitrogen and oxygen atoms in total. The molecule has 1 aliphatic rings. The maximum Gasteiger partial charge on any atom is 0.309 e. The highest BCUT2D eigenvalue weighted by atomic mass is 16.4. The lowest BCUT2D eigenvalue weighted by molar-refractivity contribution is -0.152. The summed E-state index contributed by atoms with van der Waals surface area (Å²) >= 11 is 0. The standard InChI is InChI=1S/C15H20O4/c16-10-12-3-1-11(2-4-12)9-15(14(18)19)7-5-13(17)6-8-15/h1-4,13,16-17H,5-10H2,(H,18,19). The molecule has 0 heterocycles. The summed E-state index contributed by atoms with van der Waals surface area (Å²) in [7, 11) is 0. The van der Waals surface area contributed by atoms with Crippen molar-refractivity contribution in [2.45, 2.75) is 44.8 Å². The van der Waals surface area contributed by atoms with Crippen molar-refractivity contribution in [3.05, 3.63) is 35.4 Å². The molecular weight excluding hydrogens is 244 g/mol. The maximum atomic E-state index is 11.6. The van der Waals surface area contributed by atoms with Crippen LogP contribution in [0, 0.1) is 5.41 Å². The van der Waals surface area contributed by atoms with Crippen molar-refractivity contribution in [2.24, 2.45) is 5.41 Å². The molecular formula is C15H20O4.